The van der Waals surface area contributed by atoms with E-state index in [9.17, 15) is 9.18 Å². The van der Waals surface area contributed by atoms with Crippen LogP contribution in [0.2, 0.25) is 5.02 Å². The SMILES string of the molecule is CCC(=O)N1CCN(c2ncnc3c(F)c(-c4c(F)cccc4C(C)C)c(Cl)cc23)CC1. The van der Waals surface area contributed by atoms with Crippen LogP contribution in [0, 0.1) is 11.6 Å². The van der Waals surface area contributed by atoms with Gasteiger partial charge in [-0.3, -0.25) is 4.79 Å². The molecule has 0 saturated carbocycles. The van der Waals surface area contributed by atoms with Gasteiger partial charge in [0, 0.05) is 49.1 Å². The fourth-order valence-corrected chi connectivity index (χ4v) is 4.56. The smallest absolute Gasteiger partial charge is 0.222 e. The van der Waals surface area contributed by atoms with Gasteiger partial charge in [-0.2, -0.15) is 0 Å². The number of nitrogens with zero attached hydrogens (tertiary/aromatic N) is 4. The van der Waals surface area contributed by atoms with E-state index in [1.54, 1.807) is 18.2 Å². The molecule has 32 heavy (non-hydrogen) atoms. The molecule has 1 aliphatic heterocycles. The second kappa shape index (κ2) is 8.98. The highest BCUT2D eigenvalue weighted by Gasteiger charge is 2.26. The Bertz CT molecular complexity index is 1180. The number of fused-ring (bicyclic) bond motifs is 1. The number of hydrogen-bond acceptors (Lipinski definition) is 4. The molecule has 1 aromatic heterocycles. The Morgan fingerprint density at radius 2 is 1.84 bits per heavy atom. The summed E-state index contributed by atoms with van der Waals surface area (Å²) in [5.41, 5.74) is 0.957. The first-order valence-corrected chi connectivity index (χ1v) is 11.2. The summed E-state index contributed by atoms with van der Waals surface area (Å²) in [6.07, 6.45) is 1.78. The van der Waals surface area contributed by atoms with Gasteiger partial charge in [0.05, 0.1) is 5.02 Å². The fourth-order valence-electron chi connectivity index (χ4n) is 4.27. The van der Waals surface area contributed by atoms with Gasteiger partial charge in [-0.25, -0.2) is 18.7 Å². The molecule has 0 N–H and O–H groups in total. The van der Waals surface area contributed by atoms with Gasteiger partial charge in [0.2, 0.25) is 5.91 Å². The minimum Gasteiger partial charge on any atom is -0.352 e. The lowest BCUT2D eigenvalue weighted by Crippen LogP contribution is -2.48. The lowest BCUT2D eigenvalue weighted by Gasteiger charge is -2.35. The van der Waals surface area contributed by atoms with Crippen molar-refractivity contribution in [3.63, 3.8) is 0 Å². The van der Waals surface area contributed by atoms with Crippen LogP contribution in [0.3, 0.4) is 0 Å². The van der Waals surface area contributed by atoms with Crippen molar-refractivity contribution < 1.29 is 13.6 Å². The Hall–Kier alpha value is -2.80. The van der Waals surface area contributed by atoms with Gasteiger partial charge in [-0.1, -0.05) is 44.5 Å². The molecule has 0 radical (unpaired) electrons. The van der Waals surface area contributed by atoms with Crippen molar-refractivity contribution in [3.8, 4) is 11.1 Å². The first-order valence-electron chi connectivity index (χ1n) is 10.8. The maximum atomic E-state index is 15.8. The molecule has 168 valence electrons. The highest BCUT2D eigenvalue weighted by molar-refractivity contribution is 6.34. The average Bonchev–Trinajstić information content (AvgIpc) is 2.79. The lowest BCUT2D eigenvalue weighted by molar-refractivity contribution is -0.131. The average molecular weight is 459 g/mol. The minimum absolute atomic E-state index is 0.0176. The van der Waals surface area contributed by atoms with Crippen LogP contribution in [0.4, 0.5) is 14.6 Å². The zero-order chi connectivity index (χ0) is 23.0. The first-order chi connectivity index (χ1) is 15.3. The van der Waals surface area contributed by atoms with Gasteiger partial charge in [-0.05, 0) is 23.6 Å². The molecule has 0 aliphatic carbocycles. The second-order valence-electron chi connectivity index (χ2n) is 8.22. The molecule has 2 aromatic carbocycles. The number of halogens is 3. The van der Waals surface area contributed by atoms with E-state index in [2.05, 4.69) is 9.97 Å². The summed E-state index contributed by atoms with van der Waals surface area (Å²) in [4.78, 5) is 24.3. The Morgan fingerprint density at radius 1 is 1.12 bits per heavy atom. The van der Waals surface area contributed by atoms with Crippen molar-refractivity contribution in [2.24, 2.45) is 0 Å². The van der Waals surface area contributed by atoms with Crippen LogP contribution in [0.5, 0.6) is 0 Å². The van der Waals surface area contributed by atoms with E-state index < -0.39 is 11.6 Å². The molecule has 1 amide bonds. The number of aromatic nitrogens is 2. The summed E-state index contributed by atoms with van der Waals surface area (Å²) in [6, 6.07) is 6.32. The van der Waals surface area contributed by atoms with Crippen LogP contribution in [-0.4, -0.2) is 47.0 Å². The summed E-state index contributed by atoms with van der Waals surface area (Å²) < 4.78 is 30.6. The van der Waals surface area contributed by atoms with Crippen molar-refractivity contribution in [1.29, 1.82) is 0 Å². The summed E-state index contributed by atoms with van der Waals surface area (Å²) in [5.74, 6) is -0.537. The van der Waals surface area contributed by atoms with Crippen LogP contribution >= 0.6 is 11.6 Å². The number of benzene rings is 2. The van der Waals surface area contributed by atoms with Crippen molar-refractivity contribution >= 4 is 34.2 Å². The Kier molecular flexibility index (Phi) is 6.29. The molecule has 4 rings (SSSR count). The lowest BCUT2D eigenvalue weighted by atomic mass is 9.91. The normalized spacial score (nSPS) is 14.5. The summed E-state index contributed by atoms with van der Waals surface area (Å²) in [7, 11) is 0. The van der Waals surface area contributed by atoms with E-state index in [1.807, 2.05) is 30.6 Å². The summed E-state index contributed by atoms with van der Waals surface area (Å²) in [5, 5.41) is 0.578. The van der Waals surface area contributed by atoms with Crippen molar-refractivity contribution in [1.82, 2.24) is 14.9 Å². The van der Waals surface area contributed by atoms with E-state index >= 15 is 4.39 Å². The molecule has 0 spiro atoms. The van der Waals surface area contributed by atoms with E-state index in [4.69, 9.17) is 11.6 Å². The zero-order valence-corrected chi connectivity index (χ0v) is 19.1. The Morgan fingerprint density at radius 3 is 2.50 bits per heavy atom. The summed E-state index contributed by atoms with van der Waals surface area (Å²) in [6.45, 7) is 7.98. The molecular formula is C24H25ClF2N4O. The Labute approximate surface area is 191 Å². The van der Waals surface area contributed by atoms with Gasteiger partial charge < -0.3 is 9.80 Å². The van der Waals surface area contributed by atoms with Gasteiger partial charge in [-0.15, -0.1) is 0 Å². The van der Waals surface area contributed by atoms with Gasteiger partial charge >= 0.3 is 0 Å². The van der Waals surface area contributed by atoms with E-state index in [1.165, 1.54) is 12.4 Å². The fraction of sp³-hybridized carbons (Fsp3) is 0.375. The number of anilines is 1. The van der Waals surface area contributed by atoms with Crippen LogP contribution in [-0.2, 0) is 4.79 Å². The predicted octanol–water partition coefficient (Wildman–Crippen LogP) is 5.41. The van der Waals surface area contributed by atoms with E-state index in [0.717, 1.165) is 0 Å². The van der Waals surface area contributed by atoms with E-state index in [0.29, 0.717) is 49.4 Å². The number of carbonyl (C=O) groups excluding carboxylic acids is 1. The van der Waals surface area contributed by atoms with Gasteiger partial charge in [0.1, 0.15) is 23.5 Å². The monoisotopic (exact) mass is 458 g/mol. The number of piperazine rings is 1. The maximum Gasteiger partial charge on any atom is 0.222 e. The maximum absolute atomic E-state index is 15.8. The zero-order valence-electron chi connectivity index (χ0n) is 18.3. The molecule has 8 heteroatoms. The third kappa shape index (κ3) is 3.90. The van der Waals surface area contributed by atoms with Crippen molar-refractivity contribution in [2.45, 2.75) is 33.1 Å². The third-order valence-electron chi connectivity index (χ3n) is 5.95. The standard InChI is InChI=1S/C24H25ClF2N4O/c1-4-19(32)30-8-10-31(11-9-30)24-16-12-17(25)21(22(27)23(16)28-13-29-24)20-15(14(2)3)6-5-7-18(20)26/h5-7,12-14H,4,8-11H2,1-3H3. The topological polar surface area (TPSA) is 49.3 Å². The molecular weight excluding hydrogens is 434 g/mol. The van der Waals surface area contributed by atoms with Gasteiger partial charge in [0.15, 0.2) is 5.82 Å². The quantitative estimate of drug-likeness (QED) is 0.524. The van der Waals surface area contributed by atoms with Gasteiger partial charge in [0.25, 0.3) is 0 Å². The molecule has 2 heterocycles. The molecule has 3 aromatic rings. The number of rotatable bonds is 4. The largest absolute Gasteiger partial charge is 0.352 e. The highest BCUT2D eigenvalue weighted by atomic mass is 35.5. The molecule has 1 aliphatic rings. The van der Waals surface area contributed by atoms with E-state index in [-0.39, 0.29) is 33.5 Å². The number of carbonyl (C=O) groups is 1. The third-order valence-corrected chi connectivity index (χ3v) is 6.25. The molecule has 0 bridgehead atoms. The molecule has 1 saturated heterocycles. The molecule has 5 nitrogen and oxygen atoms in total. The molecule has 1 fully saturated rings. The molecule has 0 unspecified atom stereocenters. The van der Waals surface area contributed by atoms with Crippen molar-refractivity contribution in [2.75, 3.05) is 31.1 Å². The van der Waals surface area contributed by atoms with Crippen LogP contribution < -0.4 is 4.90 Å². The first kappa shape index (κ1) is 22.4. The second-order valence-corrected chi connectivity index (χ2v) is 8.63. The van der Waals surface area contributed by atoms with Crippen LogP contribution in [0.15, 0.2) is 30.6 Å². The molecule has 0 atom stereocenters. The predicted molar refractivity (Wildman–Crippen MR) is 123 cm³/mol. The van der Waals surface area contributed by atoms with Crippen molar-refractivity contribution in [3.05, 3.63) is 52.8 Å². The number of hydrogen-bond donors (Lipinski definition) is 0. The Balaban J connectivity index is 1.80. The minimum atomic E-state index is -0.664. The highest BCUT2D eigenvalue weighted by Crippen LogP contribution is 2.41. The van der Waals surface area contributed by atoms with Crippen LogP contribution in [0.25, 0.3) is 22.0 Å². The number of amides is 1. The summed E-state index contributed by atoms with van der Waals surface area (Å²) >= 11 is 6.55. The van der Waals surface area contributed by atoms with Crippen LogP contribution in [0.1, 0.15) is 38.7 Å².